The van der Waals surface area contributed by atoms with Gasteiger partial charge in [-0.2, -0.15) is 0 Å². The Morgan fingerprint density at radius 2 is 2.11 bits per heavy atom. The maximum Gasteiger partial charge on any atom is 0.222 e. The lowest BCUT2D eigenvalue weighted by Gasteiger charge is -2.18. The van der Waals surface area contributed by atoms with Crippen LogP contribution in [0.1, 0.15) is 37.3 Å². The zero-order valence-corrected chi connectivity index (χ0v) is 11.6. The van der Waals surface area contributed by atoms with Crippen LogP contribution in [0.3, 0.4) is 0 Å². The van der Waals surface area contributed by atoms with Crippen molar-refractivity contribution in [2.75, 3.05) is 13.7 Å². The molecule has 0 aromatic heterocycles. The highest BCUT2D eigenvalue weighted by Gasteiger charge is 2.10. The van der Waals surface area contributed by atoms with Crippen molar-refractivity contribution in [1.82, 2.24) is 4.90 Å². The van der Waals surface area contributed by atoms with Crippen LogP contribution in [0.5, 0.6) is 0 Å². The molecule has 0 saturated carbocycles. The van der Waals surface area contributed by atoms with Crippen molar-refractivity contribution in [3.63, 3.8) is 0 Å². The lowest BCUT2D eigenvalue weighted by Crippen LogP contribution is -2.26. The number of rotatable bonds is 5. The lowest BCUT2D eigenvalue weighted by molar-refractivity contribution is -0.130. The molecule has 1 aromatic carbocycles. The molecule has 1 N–H and O–H groups in total. The molecule has 0 radical (unpaired) electrons. The Morgan fingerprint density at radius 1 is 1.37 bits per heavy atom. The molecule has 0 saturated heterocycles. The summed E-state index contributed by atoms with van der Waals surface area (Å²) in [5.74, 6) is 5.72. The van der Waals surface area contributed by atoms with Crippen molar-refractivity contribution in [2.45, 2.75) is 32.7 Å². The maximum atomic E-state index is 11.9. The summed E-state index contributed by atoms with van der Waals surface area (Å²) in [6.07, 6.45) is 2.55. The Morgan fingerprint density at radius 3 is 2.79 bits per heavy atom. The summed E-state index contributed by atoms with van der Waals surface area (Å²) < 4.78 is 0. The quantitative estimate of drug-likeness (QED) is 0.823. The molecule has 1 aromatic rings. The SMILES string of the molecule is CCCCC(=O)N(C)Cc1ccccc1C#CCO. The largest absolute Gasteiger partial charge is 0.384 e. The average Bonchev–Trinajstić information content (AvgIpc) is 2.43. The molecule has 3 nitrogen and oxygen atoms in total. The monoisotopic (exact) mass is 259 g/mol. The van der Waals surface area contributed by atoms with Crippen LogP contribution in [0.4, 0.5) is 0 Å². The number of amides is 1. The van der Waals surface area contributed by atoms with E-state index in [1.54, 1.807) is 4.90 Å². The highest BCUT2D eigenvalue weighted by Crippen LogP contribution is 2.11. The molecule has 0 spiro atoms. The fourth-order valence-corrected chi connectivity index (χ4v) is 1.78. The molecule has 1 amide bonds. The van der Waals surface area contributed by atoms with Gasteiger partial charge in [-0.3, -0.25) is 4.79 Å². The molecule has 0 fully saturated rings. The smallest absolute Gasteiger partial charge is 0.222 e. The van der Waals surface area contributed by atoms with Crippen LogP contribution in [0.15, 0.2) is 24.3 Å². The van der Waals surface area contributed by atoms with E-state index < -0.39 is 0 Å². The molecule has 0 heterocycles. The van der Waals surface area contributed by atoms with Crippen molar-refractivity contribution in [2.24, 2.45) is 0 Å². The van der Waals surface area contributed by atoms with Gasteiger partial charge in [0, 0.05) is 25.6 Å². The van der Waals surface area contributed by atoms with Crippen LogP contribution in [0, 0.1) is 11.8 Å². The molecule has 3 heteroatoms. The number of hydrogen-bond acceptors (Lipinski definition) is 2. The number of hydrogen-bond donors (Lipinski definition) is 1. The first-order valence-electron chi connectivity index (χ1n) is 6.60. The van der Waals surface area contributed by atoms with Gasteiger partial charge >= 0.3 is 0 Å². The molecule has 1 rings (SSSR count). The van der Waals surface area contributed by atoms with Gasteiger partial charge in [0.1, 0.15) is 6.61 Å². The Balaban J connectivity index is 2.73. The molecule has 0 aliphatic carbocycles. The molecule has 0 bridgehead atoms. The van der Waals surface area contributed by atoms with E-state index in [1.165, 1.54) is 0 Å². The molecule has 0 unspecified atom stereocenters. The van der Waals surface area contributed by atoms with E-state index in [2.05, 4.69) is 18.8 Å². The molecular formula is C16H21NO2. The third-order valence-electron chi connectivity index (χ3n) is 2.90. The summed E-state index contributed by atoms with van der Waals surface area (Å²) in [7, 11) is 1.81. The second-order valence-electron chi connectivity index (χ2n) is 4.47. The Hall–Kier alpha value is -1.79. The van der Waals surface area contributed by atoms with Gasteiger partial charge in [0.15, 0.2) is 0 Å². The number of carbonyl (C=O) groups is 1. The summed E-state index contributed by atoms with van der Waals surface area (Å²) in [5.41, 5.74) is 1.88. The number of aliphatic hydroxyl groups is 1. The predicted octanol–water partition coefficient (Wildman–Crippen LogP) is 2.18. The highest BCUT2D eigenvalue weighted by molar-refractivity contribution is 5.75. The van der Waals surface area contributed by atoms with Crippen molar-refractivity contribution < 1.29 is 9.90 Å². The van der Waals surface area contributed by atoms with Gasteiger partial charge in [0.05, 0.1) is 0 Å². The van der Waals surface area contributed by atoms with Crippen molar-refractivity contribution in [3.8, 4) is 11.8 Å². The van der Waals surface area contributed by atoms with E-state index >= 15 is 0 Å². The number of nitrogens with zero attached hydrogens (tertiary/aromatic N) is 1. The number of benzene rings is 1. The fraction of sp³-hybridized carbons (Fsp3) is 0.438. The van der Waals surface area contributed by atoms with Gasteiger partial charge in [-0.15, -0.1) is 0 Å². The third-order valence-corrected chi connectivity index (χ3v) is 2.90. The predicted molar refractivity (Wildman–Crippen MR) is 76.4 cm³/mol. The van der Waals surface area contributed by atoms with E-state index in [-0.39, 0.29) is 12.5 Å². The van der Waals surface area contributed by atoms with Gasteiger partial charge in [-0.05, 0) is 18.1 Å². The molecule has 0 aliphatic heterocycles. The van der Waals surface area contributed by atoms with Gasteiger partial charge in [-0.25, -0.2) is 0 Å². The number of aliphatic hydroxyl groups excluding tert-OH is 1. The Kier molecular flexibility index (Phi) is 6.70. The number of unbranched alkanes of at least 4 members (excludes halogenated alkanes) is 1. The standard InChI is InChI=1S/C16H21NO2/c1-3-4-11-16(19)17(2)13-15-9-6-5-8-14(15)10-7-12-18/h5-6,8-9,18H,3-4,11-13H2,1-2H3. The summed E-state index contributed by atoms with van der Waals surface area (Å²) in [6, 6.07) is 7.71. The molecular weight excluding hydrogens is 238 g/mol. The summed E-state index contributed by atoms with van der Waals surface area (Å²) >= 11 is 0. The van der Waals surface area contributed by atoms with Crippen LogP contribution in [0.2, 0.25) is 0 Å². The molecule has 102 valence electrons. The fourth-order valence-electron chi connectivity index (χ4n) is 1.78. The van der Waals surface area contributed by atoms with Gasteiger partial charge in [-0.1, -0.05) is 43.4 Å². The van der Waals surface area contributed by atoms with Crippen LogP contribution in [-0.2, 0) is 11.3 Å². The van der Waals surface area contributed by atoms with Gasteiger partial charge < -0.3 is 10.0 Å². The van der Waals surface area contributed by atoms with Crippen LogP contribution < -0.4 is 0 Å². The first-order valence-corrected chi connectivity index (χ1v) is 6.60. The zero-order chi connectivity index (χ0) is 14.1. The molecule has 0 atom stereocenters. The second kappa shape index (κ2) is 8.34. The van der Waals surface area contributed by atoms with Gasteiger partial charge in [0.25, 0.3) is 0 Å². The molecule has 0 aliphatic rings. The minimum atomic E-state index is -0.153. The van der Waals surface area contributed by atoms with E-state index in [1.807, 2.05) is 31.3 Å². The Labute approximate surface area is 115 Å². The normalized spacial score (nSPS) is 9.63. The van der Waals surface area contributed by atoms with Crippen LogP contribution in [-0.4, -0.2) is 29.6 Å². The van der Waals surface area contributed by atoms with Crippen molar-refractivity contribution >= 4 is 5.91 Å². The van der Waals surface area contributed by atoms with Crippen LogP contribution in [0.25, 0.3) is 0 Å². The average molecular weight is 259 g/mol. The highest BCUT2D eigenvalue weighted by atomic mass is 16.2. The minimum Gasteiger partial charge on any atom is -0.384 e. The summed E-state index contributed by atoms with van der Waals surface area (Å²) in [6.45, 7) is 2.48. The van der Waals surface area contributed by atoms with Gasteiger partial charge in [0.2, 0.25) is 5.91 Å². The van der Waals surface area contributed by atoms with E-state index in [0.717, 1.165) is 24.0 Å². The van der Waals surface area contributed by atoms with E-state index in [4.69, 9.17) is 5.11 Å². The maximum absolute atomic E-state index is 11.9. The first-order chi connectivity index (χ1) is 9.19. The van der Waals surface area contributed by atoms with E-state index in [0.29, 0.717) is 13.0 Å². The zero-order valence-electron chi connectivity index (χ0n) is 11.6. The van der Waals surface area contributed by atoms with Crippen LogP contribution >= 0.6 is 0 Å². The number of carbonyl (C=O) groups excluding carboxylic acids is 1. The lowest BCUT2D eigenvalue weighted by atomic mass is 10.1. The molecule has 19 heavy (non-hydrogen) atoms. The second-order valence-corrected chi connectivity index (χ2v) is 4.47. The summed E-state index contributed by atoms with van der Waals surface area (Å²) in [4.78, 5) is 13.6. The summed E-state index contributed by atoms with van der Waals surface area (Å²) in [5, 5.41) is 8.75. The topological polar surface area (TPSA) is 40.5 Å². The van der Waals surface area contributed by atoms with Crippen molar-refractivity contribution in [3.05, 3.63) is 35.4 Å². The van der Waals surface area contributed by atoms with E-state index in [9.17, 15) is 4.79 Å². The first kappa shape index (κ1) is 15.3. The third kappa shape index (κ3) is 5.15. The van der Waals surface area contributed by atoms with Crippen molar-refractivity contribution in [1.29, 1.82) is 0 Å². The Bertz CT molecular complexity index is 471. The minimum absolute atomic E-state index is 0.153.